The molecule has 0 bridgehead atoms. The molecule has 0 radical (unpaired) electrons. The summed E-state index contributed by atoms with van der Waals surface area (Å²) in [5.74, 6) is -0.129. The second-order valence-corrected chi connectivity index (χ2v) is 4.63. The number of halogens is 1. The van der Waals surface area contributed by atoms with Gasteiger partial charge in [0.15, 0.2) is 0 Å². The van der Waals surface area contributed by atoms with Crippen molar-refractivity contribution >= 4 is 27.6 Å². The van der Waals surface area contributed by atoms with Gasteiger partial charge >= 0.3 is 5.97 Å². The molecular weight excluding hydrogens is 298 g/mol. The molecular formula is C12H12BrN3O2. The minimum Gasteiger partial charge on any atom is -0.478 e. The van der Waals surface area contributed by atoms with E-state index >= 15 is 0 Å². The summed E-state index contributed by atoms with van der Waals surface area (Å²) >= 11 is 3.24. The summed E-state index contributed by atoms with van der Waals surface area (Å²) in [6, 6.07) is 5.23. The van der Waals surface area contributed by atoms with Crippen molar-refractivity contribution in [1.82, 2.24) is 9.55 Å². The Labute approximate surface area is 113 Å². The van der Waals surface area contributed by atoms with Crippen molar-refractivity contribution in [2.45, 2.75) is 6.54 Å². The van der Waals surface area contributed by atoms with Crippen molar-refractivity contribution in [3.05, 3.63) is 46.5 Å². The van der Waals surface area contributed by atoms with Gasteiger partial charge in [0.25, 0.3) is 0 Å². The van der Waals surface area contributed by atoms with Crippen molar-refractivity contribution in [2.75, 3.05) is 5.32 Å². The van der Waals surface area contributed by atoms with Crippen molar-refractivity contribution in [2.24, 2.45) is 7.05 Å². The van der Waals surface area contributed by atoms with Gasteiger partial charge in [-0.15, -0.1) is 0 Å². The van der Waals surface area contributed by atoms with Crippen molar-refractivity contribution < 1.29 is 9.90 Å². The van der Waals surface area contributed by atoms with E-state index in [9.17, 15) is 4.79 Å². The molecule has 0 saturated carbocycles. The lowest BCUT2D eigenvalue weighted by atomic mass is 10.2. The lowest BCUT2D eigenvalue weighted by Crippen LogP contribution is -2.09. The fourth-order valence-electron chi connectivity index (χ4n) is 1.63. The molecule has 94 valence electrons. The van der Waals surface area contributed by atoms with Gasteiger partial charge in [-0.05, 0) is 28.1 Å². The van der Waals surface area contributed by atoms with E-state index < -0.39 is 5.97 Å². The van der Waals surface area contributed by atoms with Crippen LogP contribution in [0.25, 0.3) is 0 Å². The summed E-state index contributed by atoms with van der Waals surface area (Å²) in [6.07, 6.45) is 3.55. The van der Waals surface area contributed by atoms with E-state index in [4.69, 9.17) is 5.11 Å². The van der Waals surface area contributed by atoms with Gasteiger partial charge in [-0.25, -0.2) is 9.78 Å². The van der Waals surface area contributed by atoms with E-state index in [0.29, 0.717) is 16.7 Å². The molecule has 6 heteroatoms. The Morgan fingerprint density at radius 3 is 2.94 bits per heavy atom. The molecule has 0 aliphatic heterocycles. The van der Waals surface area contributed by atoms with Crippen LogP contribution >= 0.6 is 15.9 Å². The summed E-state index contributed by atoms with van der Waals surface area (Å²) in [5.41, 5.74) is 0.798. The van der Waals surface area contributed by atoms with E-state index in [1.165, 1.54) is 0 Å². The fraction of sp³-hybridized carbons (Fsp3) is 0.167. The molecule has 2 N–H and O–H groups in total. The summed E-state index contributed by atoms with van der Waals surface area (Å²) in [4.78, 5) is 15.3. The third kappa shape index (κ3) is 2.53. The Kier molecular flexibility index (Phi) is 3.66. The summed E-state index contributed by atoms with van der Waals surface area (Å²) < 4.78 is 2.44. The number of rotatable bonds is 4. The monoisotopic (exact) mass is 309 g/mol. The predicted molar refractivity (Wildman–Crippen MR) is 71.6 cm³/mol. The first kappa shape index (κ1) is 12.6. The maximum Gasteiger partial charge on any atom is 0.338 e. The Morgan fingerprint density at radius 1 is 1.56 bits per heavy atom. The number of nitrogens with one attached hydrogen (secondary N) is 1. The minimum absolute atomic E-state index is 0.228. The molecule has 18 heavy (non-hydrogen) atoms. The maximum absolute atomic E-state index is 11.2. The first-order chi connectivity index (χ1) is 8.59. The molecule has 2 rings (SSSR count). The minimum atomic E-state index is -0.968. The normalized spacial score (nSPS) is 10.3. The Balaban J connectivity index is 2.22. The van der Waals surface area contributed by atoms with Crippen LogP contribution in [0, 0.1) is 0 Å². The fourth-order valence-corrected chi connectivity index (χ4v) is 2.17. The third-order valence-electron chi connectivity index (χ3n) is 2.59. The molecule has 5 nitrogen and oxygen atoms in total. The maximum atomic E-state index is 11.2. The average molecular weight is 310 g/mol. The second-order valence-electron chi connectivity index (χ2n) is 3.78. The largest absolute Gasteiger partial charge is 0.478 e. The lowest BCUT2D eigenvalue weighted by Gasteiger charge is -2.10. The van der Waals surface area contributed by atoms with E-state index in [1.807, 2.05) is 17.8 Å². The topological polar surface area (TPSA) is 67.2 Å². The van der Waals surface area contributed by atoms with Crippen molar-refractivity contribution in [3.8, 4) is 0 Å². The van der Waals surface area contributed by atoms with Gasteiger partial charge in [0.1, 0.15) is 5.82 Å². The van der Waals surface area contributed by atoms with Gasteiger partial charge in [0.05, 0.1) is 17.8 Å². The number of carbonyl (C=O) groups is 1. The molecule has 2 aromatic rings. The number of imidazole rings is 1. The van der Waals surface area contributed by atoms with E-state index in [1.54, 1.807) is 24.4 Å². The van der Waals surface area contributed by atoms with Crippen LogP contribution in [0.1, 0.15) is 16.2 Å². The van der Waals surface area contributed by atoms with Crippen LogP contribution in [-0.4, -0.2) is 20.6 Å². The van der Waals surface area contributed by atoms with E-state index in [2.05, 4.69) is 26.2 Å². The summed E-state index contributed by atoms with van der Waals surface area (Å²) in [6.45, 7) is 0.472. The number of aromatic nitrogens is 2. The number of aryl methyl sites for hydroxylation is 1. The molecule has 0 aliphatic carbocycles. The lowest BCUT2D eigenvalue weighted by molar-refractivity contribution is 0.0697. The SMILES string of the molecule is Cn1ccnc1CNc1cccc(Br)c1C(=O)O. The quantitative estimate of drug-likeness (QED) is 0.910. The second kappa shape index (κ2) is 5.22. The van der Waals surface area contributed by atoms with Crippen LogP contribution < -0.4 is 5.32 Å². The van der Waals surface area contributed by atoms with Crippen LogP contribution in [0.2, 0.25) is 0 Å². The van der Waals surface area contributed by atoms with Crippen LogP contribution in [0.5, 0.6) is 0 Å². The van der Waals surface area contributed by atoms with Crippen LogP contribution in [0.3, 0.4) is 0 Å². The van der Waals surface area contributed by atoms with Gasteiger partial charge in [0, 0.05) is 23.9 Å². The molecule has 0 unspecified atom stereocenters. The van der Waals surface area contributed by atoms with Crippen LogP contribution in [0.15, 0.2) is 35.1 Å². The molecule has 1 heterocycles. The van der Waals surface area contributed by atoms with Crippen LogP contribution in [-0.2, 0) is 13.6 Å². The zero-order chi connectivity index (χ0) is 13.1. The predicted octanol–water partition coefficient (Wildman–Crippen LogP) is 2.49. The smallest absolute Gasteiger partial charge is 0.338 e. The first-order valence-electron chi connectivity index (χ1n) is 5.31. The highest BCUT2D eigenvalue weighted by molar-refractivity contribution is 9.10. The highest BCUT2D eigenvalue weighted by atomic mass is 79.9. The average Bonchev–Trinajstić information content (AvgIpc) is 2.71. The molecule has 1 aromatic heterocycles. The number of carboxylic acids is 1. The third-order valence-corrected chi connectivity index (χ3v) is 3.25. The van der Waals surface area contributed by atoms with E-state index in [0.717, 1.165) is 5.82 Å². The first-order valence-corrected chi connectivity index (χ1v) is 6.10. The number of carboxylic acid groups (broad SMARTS) is 1. The standard InChI is InChI=1S/C12H12BrN3O2/c1-16-6-5-14-10(16)7-15-9-4-2-3-8(13)11(9)12(17)18/h2-6,15H,7H2,1H3,(H,17,18). The summed E-state index contributed by atoms with van der Waals surface area (Å²) in [5, 5.41) is 12.3. The van der Waals surface area contributed by atoms with Crippen LogP contribution in [0.4, 0.5) is 5.69 Å². The van der Waals surface area contributed by atoms with Gasteiger partial charge < -0.3 is 15.0 Å². The zero-order valence-corrected chi connectivity index (χ0v) is 11.3. The summed E-state index contributed by atoms with van der Waals surface area (Å²) in [7, 11) is 1.89. The zero-order valence-electron chi connectivity index (χ0n) is 9.72. The Hall–Kier alpha value is -1.82. The van der Waals surface area contributed by atoms with Gasteiger partial charge in [-0.2, -0.15) is 0 Å². The highest BCUT2D eigenvalue weighted by Gasteiger charge is 2.13. The number of hydrogen-bond donors (Lipinski definition) is 2. The Morgan fingerprint density at radius 2 is 2.33 bits per heavy atom. The molecule has 0 aliphatic rings. The molecule has 0 amide bonds. The number of nitrogens with zero attached hydrogens (tertiary/aromatic N) is 2. The molecule has 1 aromatic carbocycles. The highest BCUT2D eigenvalue weighted by Crippen LogP contribution is 2.25. The molecule has 0 spiro atoms. The van der Waals surface area contributed by atoms with Crippen molar-refractivity contribution in [1.29, 1.82) is 0 Å². The van der Waals surface area contributed by atoms with Gasteiger partial charge in [-0.3, -0.25) is 0 Å². The number of anilines is 1. The number of hydrogen-bond acceptors (Lipinski definition) is 3. The van der Waals surface area contributed by atoms with Crippen molar-refractivity contribution in [3.63, 3.8) is 0 Å². The molecule has 0 fully saturated rings. The van der Waals surface area contributed by atoms with E-state index in [-0.39, 0.29) is 5.56 Å². The number of aromatic carboxylic acids is 1. The van der Waals surface area contributed by atoms with Gasteiger partial charge in [0.2, 0.25) is 0 Å². The molecule has 0 atom stereocenters. The Bertz CT molecular complexity index is 580. The molecule has 0 saturated heterocycles. The van der Waals surface area contributed by atoms with Gasteiger partial charge in [-0.1, -0.05) is 6.07 Å². The number of benzene rings is 1.